The van der Waals surface area contributed by atoms with Gasteiger partial charge in [-0.15, -0.1) is 0 Å². The first-order valence-electron chi connectivity index (χ1n) is 4.18. The Hall–Kier alpha value is -1.72. The Bertz CT molecular complexity index is 353. The second-order valence-corrected chi connectivity index (χ2v) is 3.27. The number of carbonyl (C=O) groups is 4. The molecule has 0 aromatic heterocycles. The molecule has 0 unspecified atom stereocenters. The minimum atomic E-state index is -1.98. The zero-order valence-electron chi connectivity index (χ0n) is 7.73. The lowest BCUT2D eigenvalue weighted by Gasteiger charge is -2.51. The van der Waals surface area contributed by atoms with Gasteiger partial charge in [-0.3, -0.25) is 29.0 Å². The molecule has 2 fully saturated rings. The zero-order chi connectivity index (χ0) is 10.7. The molecule has 0 aliphatic carbocycles. The second-order valence-electron chi connectivity index (χ2n) is 3.27. The molecule has 0 atom stereocenters. The molecule has 0 aromatic rings. The quantitative estimate of drug-likeness (QED) is 0.372. The van der Waals surface area contributed by atoms with Gasteiger partial charge < -0.3 is 0 Å². The summed E-state index contributed by atoms with van der Waals surface area (Å²) < 4.78 is 0. The molecule has 0 aromatic carbocycles. The molecular formula is C8H8N2O4. The standard InChI is InChI=1S/C8H8N2O4/c1-3-10-6(13)8(7(10)14)4(11)9(2)5(8)12/h3H2,1-2H3. The fourth-order valence-electron chi connectivity index (χ4n) is 1.82. The number of hydrogen-bond donors (Lipinski definition) is 0. The maximum atomic E-state index is 11.4. The van der Waals surface area contributed by atoms with Crippen LogP contribution in [0.1, 0.15) is 6.92 Å². The Morgan fingerprint density at radius 2 is 1.43 bits per heavy atom. The van der Waals surface area contributed by atoms with Crippen molar-refractivity contribution in [1.82, 2.24) is 9.80 Å². The van der Waals surface area contributed by atoms with Gasteiger partial charge in [-0.2, -0.15) is 0 Å². The maximum Gasteiger partial charge on any atom is 0.284 e. The van der Waals surface area contributed by atoms with E-state index in [-0.39, 0.29) is 6.54 Å². The van der Waals surface area contributed by atoms with Crippen molar-refractivity contribution in [3.63, 3.8) is 0 Å². The van der Waals surface area contributed by atoms with Crippen molar-refractivity contribution in [3.05, 3.63) is 0 Å². The summed E-state index contributed by atoms with van der Waals surface area (Å²) in [6, 6.07) is 0. The van der Waals surface area contributed by atoms with Crippen molar-refractivity contribution >= 4 is 23.6 Å². The molecule has 0 bridgehead atoms. The van der Waals surface area contributed by atoms with Crippen molar-refractivity contribution in [3.8, 4) is 0 Å². The van der Waals surface area contributed by atoms with E-state index in [2.05, 4.69) is 0 Å². The van der Waals surface area contributed by atoms with Gasteiger partial charge in [0.2, 0.25) is 0 Å². The van der Waals surface area contributed by atoms with Gasteiger partial charge in [-0.1, -0.05) is 0 Å². The first kappa shape index (κ1) is 8.86. The van der Waals surface area contributed by atoms with Gasteiger partial charge in [0.15, 0.2) is 0 Å². The molecule has 14 heavy (non-hydrogen) atoms. The largest absolute Gasteiger partial charge is 0.284 e. The number of likely N-dealkylation sites (tertiary alicyclic amines) is 2. The van der Waals surface area contributed by atoms with Crippen LogP contribution < -0.4 is 0 Å². The average molecular weight is 196 g/mol. The third-order valence-corrected chi connectivity index (χ3v) is 2.70. The number of β-lactam (4-membered cyclic amide) rings is 4. The predicted octanol–water partition coefficient (Wildman–Crippen LogP) is -1.64. The van der Waals surface area contributed by atoms with Crippen molar-refractivity contribution in [1.29, 1.82) is 0 Å². The monoisotopic (exact) mass is 196 g/mol. The minimum Gasteiger partial charge on any atom is -0.282 e. The highest BCUT2D eigenvalue weighted by Crippen LogP contribution is 2.43. The van der Waals surface area contributed by atoms with E-state index in [1.807, 2.05) is 0 Å². The Kier molecular flexibility index (Phi) is 1.39. The van der Waals surface area contributed by atoms with E-state index < -0.39 is 29.0 Å². The molecule has 6 heteroatoms. The summed E-state index contributed by atoms with van der Waals surface area (Å²) in [6.07, 6.45) is 0. The molecule has 2 rings (SSSR count). The van der Waals surface area contributed by atoms with Crippen LogP contribution in [0.2, 0.25) is 0 Å². The molecule has 2 aliphatic heterocycles. The SMILES string of the molecule is CCN1C(=O)C2(C(=O)N(C)C2=O)C1=O. The number of hydrogen-bond acceptors (Lipinski definition) is 4. The Morgan fingerprint density at radius 3 is 1.79 bits per heavy atom. The Morgan fingerprint density at radius 1 is 1.00 bits per heavy atom. The maximum absolute atomic E-state index is 11.4. The van der Waals surface area contributed by atoms with E-state index in [1.54, 1.807) is 6.92 Å². The lowest BCUT2D eigenvalue weighted by Crippen LogP contribution is -2.83. The smallest absolute Gasteiger partial charge is 0.282 e. The summed E-state index contributed by atoms with van der Waals surface area (Å²) >= 11 is 0. The van der Waals surface area contributed by atoms with Crippen molar-refractivity contribution in [2.45, 2.75) is 6.92 Å². The van der Waals surface area contributed by atoms with Gasteiger partial charge in [-0.25, -0.2) is 0 Å². The van der Waals surface area contributed by atoms with Crippen LogP contribution in [0.3, 0.4) is 0 Å². The van der Waals surface area contributed by atoms with E-state index in [1.165, 1.54) is 7.05 Å². The van der Waals surface area contributed by atoms with Gasteiger partial charge in [-0.05, 0) is 6.92 Å². The summed E-state index contributed by atoms with van der Waals surface area (Å²) in [7, 11) is 1.26. The number of imide groups is 2. The minimum absolute atomic E-state index is 0.198. The van der Waals surface area contributed by atoms with E-state index in [0.717, 1.165) is 9.80 Å². The van der Waals surface area contributed by atoms with Crippen LogP contribution in [-0.4, -0.2) is 47.0 Å². The number of nitrogens with zero attached hydrogens (tertiary/aromatic N) is 2. The summed E-state index contributed by atoms with van der Waals surface area (Å²) in [6.45, 7) is 1.81. The van der Waals surface area contributed by atoms with E-state index in [9.17, 15) is 19.2 Å². The van der Waals surface area contributed by atoms with Crippen LogP contribution in [0.5, 0.6) is 0 Å². The second kappa shape index (κ2) is 2.20. The molecule has 74 valence electrons. The summed E-state index contributed by atoms with van der Waals surface area (Å²) in [4.78, 5) is 47.1. The first-order chi connectivity index (χ1) is 6.49. The number of rotatable bonds is 1. The Balaban J connectivity index is 2.39. The van der Waals surface area contributed by atoms with E-state index in [0.29, 0.717) is 0 Å². The first-order valence-corrected chi connectivity index (χ1v) is 4.18. The van der Waals surface area contributed by atoms with Crippen molar-refractivity contribution < 1.29 is 19.2 Å². The third-order valence-electron chi connectivity index (χ3n) is 2.70. The molecule has 4 amide bonds. The summed E-state index contributed by atoms with van der Waals surface area (Å²) in [5.41, 5.74) is -1.98. The highest BCUT2D eigenvalue weighted by Gasteiger charge is 2.79. The molecule has 6 nitrogen and oxygen atoms in total. The fourth-order valence-corrected chi connectivity index (χ4v) is 1.82. The summed E-state index contributed by atoms with van der Waals surface area (Å²) in [5.74, 6) is -2.78. The van der Waals surface area contributed by atoms with Crippen LogP contribution in [-0.2, 0) is 19.2 Å². The molecule has 0 N–H and O–H groups in total. The van der Waals surface area contributed by atoms with Gasteiger partial charge in [0.25, 0.3) is 29.0 Å². The van der Waals surface area contributed by atoms with E-state index >= 15 is 0 Å². The molecular weight excluding hydrogens is 188 g/mol. The molecule has 2 saturated heterocycles. The molecule has 1 spiro atoms. The van der Waals surface area contributed by atoms with Crippen molar-refractivity contribution in [2.24, 2.45) is 5.41 Å². The normalized spacial score (nSPS) is 24.1. The fraction of sp³-hybridized carbons (Fsp3) is 0.500. The molecule has 2 heterocycles. The van der Waals surface area contributed by atoms with Gasteiger partial charge in [0.05, 0.1) is 0 Å². The van der Waals surface area contributed by atoms with Crippen LogP contribution >= 0.6 is 0 Å². The topological polar surface area (TPSA) is 74.8 Å². The van der Waals surface area contributed by atoms with E-state index in [4.69, 9.17) is 0 Å². The molecule has 2 aliphatic rings. The highest BCUT2D eigenvalue weighted by molar-refractivity contribution is 6.52. The van der Waals surface area contributed by atoms with Crippen LogP contribution in [0.15, 0.2) is 0 Å². The van der Waals surface area contributed by atoms with Crippen LogP contribution in [0.4, 0.5) is 0 Å². The molecule has 0 radical (unpaired) electrons. The van der Waals surface area contributed by atoms with Crippen LogP contribution in [0, 0.1) is 5.41 Å². The number of amides is 4. The van der Waals surface area contributed by atoms with Crippen LogP contribution in [0.25, 0.3) is 0 Å². The van der Waals surface area contributed by atoms with Crippen molar-refractivity contribution in [2.75, 3.05) is 13.6 Å². The zero-order valence-corrected chi connectivity index (χ0v) is 7.73. The number of carbonyl (C=O) groups excluding carboxylic acids is 4. The van der Waals surface area contributed by atoms with Gasteiger partial charge in [0.1, 0.15) is 0 Å². The average Bonchev–Trinajstić information content (AvgIpc) is 2.18. The molecule has 0 saturated carbocycles. The highest BCUT2D eigenvalue weighted by atomic mass is 16.2. The lowest BCUT2D eigenvalue weighted by atomic mass is 9.69. The predicted molar refractivity (Wildman–Crippen MR) is 42.6 cm³/mol. The third kappa shape index (κ3) is 0.546. The lowest BCUT2D eigenvalue weighted by molar-refractivity contribution is -0.198. The Labute approximate surface area is 79.4 Å². The summed E-state index contributed by atoms with van der Waals surface area (Å²) in [5, 5.41) is 0. The van der Waals surface area contributed by atoms with Gasteiger partial charge >= 0.3 is 0 Å². The van der Waals surface area contributed by atoms with Gasteiger partial charge in [0, 0.05) is 13.6 Å².